The van der Waals surface area contributed by atoms with Crippen molar-refractivity contribution in [2.75, 3.05) is 45.9 Å². The highest BCUT2D eigenvalue weighted by molar-refractivity contribution is 7.86. The molecule has 0 spiro atoms. The van der Waals surface area contributed by atoms with Crippen molar-refractivity contribution < 1.29 is 13.2 Å². The van der Waals surface area contributed by atoms with Crippen LogP contribution in [0.2, 0.25) is 0 Å². The molecular weight excluding hydrogens is 290 g/mol. The average Bonchev–Trinajstić information content (AvgIpc) is 2.48. The van der Waals surface area contributed by atoms with E-state index in [4.69, 9.17) is 4.74 Å². The van der Waals surface area contributed by atoms with E-state index in [0.717, 1.165) is 32.4 Å². The SMILES string of the molecule is CCCNCC1CCCN(S(=O)(=O)N2CCOCC2C)C1. The van der Waals surface area contributed by atoms with E-state index in [2.05, 4.69) is 12.2 Å². The zero-order valence-corrected chi connectivity index (χ0v) is 14.1. The molecule has 0 saturated carbocycles. The molecule has 0 amide bonds. The Morgan fingerprint density at radius 1 is 1.33 bits per heavy atom. The molecule has 2 heterocycles. The summed E-state index contributed by atoms with van der Waals surface area (Å²) in [5.41, 5.74) is 0. The largest absolute Gasteiger partial charge is 0.378 e. The zero-order valence-electron chi connectivity index (χ0n) is 13.3. The summed E-state index contributed by atoms with van der Waals surface area (Å²) in [6.45, 7) is 8.74. The van der Waals surface area contributed by atoms with Gasteiger partial charge in [0.05, 0.1) is 13.2 Å². The molecule has 2 atom stereocenters. The molecule has 2 aliphatic heterocycles. The number of morpholine rings is 1. The van der Waals surface area contributed by atoms with Crippen molar-refractivity contribution in [3.8, 4) is 0 Å². The van der Waals surface area contributed by atoms with E-state index in [9.17, 15) is 8.42 Å². The van der Waals surface area contributed by atoms with Crippen molar-refractivity contribution in [2.45, 2.75) is 39.2 Å². The van der Waals surface area contributed by atoms with Crippen molar-refractivity contribution in [3.63, 3.8) is 0 Å². The molecule has 2 fully saturated rings. The molecule has 0 bridgehead atoms. The van der Waals surface area contributed by atoms with Crippen molar-refractivity contribution in [3.05, 3.63) is 0 Å². The maximum absolute atomic E-state index is 12.8. The Morgan fingerprint density at radius 3 is 2.86 bits per heavy atom. The van der Waals surface area contributed by atoms with Crippen LogP contribution in [-0.4, -0.2) is 69.0 Å². The van der Waals surface area contributed by atoms with Gasteiger partial charge in [-0.05, 0) is 45.2 Å². The summed E-state index contributed by atoms with van der Waals surface area (Å²) in [7, 11) is -3.34. The van der Waals surface area contributed by atoms with Gasteiger partial charge in [-0.15, -0.1) is 0 Å². The second kappa shape index (κ2) is 7.87. The highest BCUT2D eigenvalue weighted by Crippen LogP contribution is 2.23. The van der Waals surface area contributed by atoms with Crippen LogP contribution in [0.4, 0.5) is 0 Å². The number of hydrogen-bond donors (Lipinski definition) is 1. The van der Waals surface area contributed by atoms with Crippen molar-refractivity contribution in [1.82, 2.24) is 13.9 Å². The van der Waals surface area contributed by atoms with E-state index in [1.54, 1.807) is 8.61 Å². The van der Waals surface area contributed by atoms with Crippen LogP contribution in [0.25, 0.3) is 0 Å². The topological polar surface area (TPSA) is 61.9 Å². The molecule has 0 radical (unpaired) electrons. The quantitative estimate of drug-likeness (QED) is 0.731. The lowest BCUT2D eigenvalue weighted by molar-refractivity contribution is 0.0354. The van der Waals surface area contributed by atoms with Gasteiger partial charge in [0.15, 0.2) is 0 Å². The highest BCUT2D eigenvalue weighted by atomic mass is 32.2. The number of piperidine rings is 1. The predicted octanol–water partition coefficient (Wildman–Crippen LogP) is 0.664. The summed E-state index contributed by atoms with van der Waals surface area (Å²) in [6.07, 6.45) is 3.18. The number of hydrogen-bond acceptors (Lipinski definition) is 4. The van der Waals surface area contributed by atoms with Crippen LogP contribution >= 0.6 is 0 Å². The number of nitrogens with one attached hydrogen (secondary N) is 1. The van der Waals surface area contributed by atoms with Gasteiger partial charge >= 0.3 is 0 Å². The van der Waals surface area contributed by atoms with Gasteiger partial charge in [0.1, 0.15) is 0 Å². The van der Waals surface area contributed by atoms with Crippen LogP contribution in [-0.2, 0) is 14.9 Å². The number of ether oxygens (including phenoxy) is 1. The molecule has 0 aromatic heterocycles. The summed E-state index contributed by atoms with van der Waals surface area (Å²) in [5, 5.41) is 3.41. The van der Waals surface area contributed by atoms with Crippen LogP contribution in [0.3, 0.4) is 0 Å². The molecule has 0 aromatic carbocycles. The minimum Gasteiger partial charge on any atom is -0.378 e. The van der Waals surface area contributed by atoms with E-state index in [0.29, 0.717) is 38.8 Å². The minimum atomic E-state index is -3.34. The van der Waals surface area contributed by atoms with Crippen LogP contribution in [0.15, 0.2) is 0 Å². The molecule has 0 aromatic rings. The van der Waals surface area contributed by atoms with Gasteiger partial charge in [0, 0.05) is 25.7 Å². The normalized spacial score (nSPS) is 29.6. The van der Waals surface area contributed by atoms with Crippen LogP contribution in [0.5, 0.6) is 0 Å². The fraction of sp³-hybridized carbons (Fsp3) is 1.00. The molecule has 2 saturated heterocycles. The molecule has 7 heteroatoms. The first-order valence-corrected chi connectivity index (χ1v) is 9.50. The molecule has 2 aliphatic rings. The third-order valence-corrected chi connectivity index (χ3v) is 6.39. The third kappa shape index (κ3) is 4.39. The lowest BCUT2D eigenvalue weighted by Gasteiger charge is -2.39. The first-order chi connectivity index (χ1) is 10.1. The third-order valence-electron chi connectivity index (χ3n) is 4.27. The molecule has 0 aliphatic carbocycles. The molecule has 2 unspecified atom stereocenters. The molecule has 2 rings (SSSR count). The first-order valence-electron chi connectivity index (χ1n) is 8.11. The van der Waals surface area contributed by atoms with Gasteiger partial charge in [-0.25, -0.2) is 0 Å². The van der Waals surface area contributed by atoms with E-state index in [1.807, 2.05) is 6.92 Å². The second-order valence-electron chi connectivity index (χ2n) is 6.11. The van der Waals surface area contributed by atoms with E-state index in [1.165, 1.54) is 0 Å². The Balaban J connectivity index is 1.95. The summed E-state index contributed by atoms with van der Waals surface area (Å²) >= 11 is 0. The summed E-state index contributed by atoms with van der Waals surface area (Å²) in [5.74, 6) is 0.427. The number of rotatable bonds is 6. The fourth-order valence-corrected chi connectivity index (χ4v) is 4.97. The van der Waals surface area contributed by atoms with Crippen LogP contribution < -0.4 is 5.32 Å². The van der Waals surface area contributed by atoms with Crippen molar-refractivity contribution in [2.24, 2.45) is 5.92 Å². The molecule has 1 N–H and O–H groups in total. The molecule has 6 nitrogen and oxygen atoms in total. The van der Waals surface area contributed by atoms with E-state index < -0.39 is 10.2 Å². The van der Waals surface area contributed by atoms with Gasteiger partial charge in [0.25, 0.3) is 10.2 Å². The maximum atomic E-state index is 12.8. The van der Waals surface area contributed by atoms with E-state index >= 15 is 0 Å². The zero-order chi connectivity index (χ0) is 15.3. The standard InChI is InChI=1S/C14H29N3O3S/c1-3-6-15-10-14-5-4-7-16(11-14)21(18,19)17-8-9-20-12-13(17)2/h13-15H,3-12H2,1-2H3. The Bertz CT molecular complexity index is 416. The summed E-state index contributed by atoms with van der Waals surface area (Å²) < 4.78 is 34.2. The fourth-order valence-electron chi connectivity index (χ4n) is 3.09. The smallest absolute Gasteiger partial charge is 0.282 e. The predicted molar refractivity (Wildman–Crippen MR) is 83.4 cm³/mol. The molecule has 21 heavy (non-hydrogen) atoms. The minimum absolute atomic E-state index is 0.0673. The summed E-state index contributed by atoms with van der Waals surface area (Å²) in [6, 6.07) is -0.0673. The van der Waals surface area contributed by atoms with E-state index in [-0.39, 0.29) is 6.04 Å². The van der Waals surface area contributed by atoms with Gasteiger partial charge in [-0.1, -0.05) is 6.92 Å². The Morgan fingerprint density at radius 2 is 2.14 bits per heavy atom. The highest BCUT2D eigenvalue weighted by Gasteiger charge is 2.37. The first kappa shape index (κ1) is 17.1. The van der Waals surface area contributed by atoms with Gasteiger partial charge < -0.3 is 10.1 Å². The molecule has 124 valence electrons. The van der Waals surface area contributed by atoms with Gasteiger partial charge in [-0.3, -0.25) is 0 Å². The Labute approximate surface area is 129 Å². The lowest BCUT2D eigenvalue weighted by Crippen LogP contribution is -2.55. The van der Waals surface area contributed by atoms with Crippen molar-refractivity contribution in [1.29, 1.82) is 0 Å². The molecular formula is C14H29N3O3S. The monoisotopic (exact) mass is 319 g/mol. The van der Waals surface area contributed by atoms with Gasteiger partial charge in [-0.2, -0.15) is 17.0 Å². The Hall–Kier alpha value is -0.210. The van der Waals surface area contributed by atoms with Crippen LogP contribution in [0.1, 0.15) is 33.1 Å². The van der Waals surface area contributed by atoms with Crippen LogP contribution in [0, 0.1) is 5.92 Å². The summed E-state index contributed by atoms with van der Waals surface area (Å²) in [4.78, 5) is 0. The van der Waals surface area contributed by atoms with Gasteiger partial charge in [0.2, 0.25) is 0 Å². The maximum Gasteiger partial charge on any atom is 0.282 e. The van der Waals surface area contributed by atoms with Crippen molar-refractivity contribution >= 4 is 10.2 Å². The number of nitrogens with zero attached hydrogens (tertiary/aromatic N) is 2. The average molecular weight is 319 g/mol. The Kier molecular flexibility index (Phi) is 6.43. The lowest BCUT2D eigenvalue weighted by atomic mass is 10.00. The second-order valence-corrected chi connectivity index (χ2v) is 7.99.